The van der Waals surface area contributed by atoms with Crippen molar-refractivity contribution in [1.29, 1.82) is 0 Å². The molecule has 33 heavy (non-hydrogen) atoms. The number of rotatable bonds is 5. The van der Waals surface area contributed by atoms with Crippen molar-refractivity contribution < 1.29 is 14.3 Å². The Hall–Kier alpha value is -3.71. The third-order valence-corrected chi connectivity index (χ3v) is 6.46. The maximum Gasteiger partial charge on any atom is 0.230 e. The van der Waals surface area contributed by atoms with Gasteiger partial charge in [0.25, 0.3) is 0 Å². The Morgan fingerprint density at radius 1 is 1.12 bits per heavy atom. The molecule has 5 rings (SSSR count). The summed E-state index contributed by atoms with van der Waals surface area (Å²) < 4.78 is 5.74. The standard InChI is InChI=1S/C26H23N3O3S/c1-16(30)27-22-11-12-32-24-10-9-19(13-21(22)24)23-15-33-26(28-23)29-25(31)14-18-7-4-6-17-5-2-3-8-20(17)18/h2-10,13,15,22H,11-12,14H2,1H3,(H,27,30)(H,28,29,31). The van der Waals surface area contributed by atoms with E-state index >= 15 is 0 Å². The first kappa shape index (κ1) is 21.2. The Balaban J connectivity index is 1.32. The lowest BCUT2D eigenvalue weighted by Gasteiger charge is -2.26. The molecule has 1 aliphatic heterocycles. The van der Waals surface area contributed by atoms with Crippen LogP contribution in [0.5, 0.6) is 5.75 Å². The number of anilines is 1. The van der Waals surface area contributed by atoms with E-state index < -0.39 is 0 Å². The molecule has 7 heteroatoms. The lowest BCUT2D eigenvalue weighted by Crippen LogP contribution is -2.30. The summed E-state index contributed by atoms with van der Waals surface area (Å²) in [6, 6.07) is 19.8. The molecule has 2 amide bonds. The second kappa shape index (κ2) is 9.03. The summed E-state index contributed by atoms with van der Waals surface area (Å²) >= 11 is 1.39. The van der Waals surface area contributed by atoms with Gasteiger partial charge in [-0.3, -0.25) is 9.59 Å². The molecule has 0 saturated heterocycles. The lowest BCUT2D eigenvalue weighted by atomic mass is 9.97. The molecule has 0 saturated carbocycles. The fourth-order valence-corrected chi connectivity index (χ4v) is 4.93. The van der Waals surface area contributed by atoms with Gasteiger partial charge in [-0.05, 0) is 34.5 Å². The molecule has 0 bridgehead atoms. The van der Waals surface area contributed by atoms with Crippen LogP contribution >= 0.6 is 11.3 Å². The van der Waals surface area contributed by atoms with Crippen LogP contribution in [-0.2, 0) is 16.0 Å². The number of fused-ring (bicyclic) bond motifs is 2. The van der Waals surface area contributed by atoms with Crippen LogP contribution in [0.2, 0.25) is 0 Å². The minimum atomic E-state index is -0.100. The van der Waals surface area contributed by atoms with E-state index in [4.69, 9.17) is 4.74 Å². The van der Waals surface area contributed by atoms with E-state index in [-0.39, 0.29) is 24.3 Å². The summed E-state index contributed by atoms with van der Waals surface area (Å²) in [7, 11) is 0. The summed E-state index contributed by atoms with van der Waals surface area (Å²) in [4.78, 5) is 28.9. The Labute approximate surface area is 195 Å². The minimum absolute atomic E-state index is 0.0666. The minimum Gasteiger partial charge on any atom is -0.493 e. The summed E-state index contributed by atoms with van der Waals surface area (Å²) in [5.41, 5.74) is 3.63. The predicted molar refractivity (Wildman–Crippen MR) is 131 cm³/mol. The van der Waals surface area contributed by atoms with Crippen molar-refractivity contribution in [2.45, 2.75) is 25.8 Å². The number of hydrogen-bond acceptors (Lipinski definition) is 5. The van der Waals surface area contributed by atoms with Crippen LogP contribution in [0.15, 0.2) is 66.0 Å². The normalized spacial score (nSPS) is 14.9. The first-order valence-corrected chi connectivity index (χ1v) is 11.7. The van der Waals surface area contributed by atoms with Crippen LogP contribution in [-0.4, -0.2) is 23.4 Å². The van der Waals surface area contributed by atoms with Crippen molar-refractivity contribution in [2.75, 3.05) is 11.9 Å². The zero-order chi connectivity index (χ0) is 22.8. The number of benzene rings is 3. The smallest absolute Gasteiger partial charge is 0.230 e. The molecule has 1 aromatic heterocycles. The highest BCUT2D eigenvalue weighted by Crippen LogP contribution is 2.36. The Morgan fingerprint density at radius 3 is 2.85 bits per heavy atom. The monoisotopic (exact) mass is 457 g/mol. The highest BCUT2D eigenvalue weighted by Gasteiger charge is 2.23. The summed E-state index contributed by atoms with van der Waals surface area (Å²) in [6.45, 7) is 2.09. The van der Waals surface area contributed by atoms with Crippen molar-refractivity contribution in [1.82, 2.24) is 10.3 Å². The zero-order valence-electron chi connectivity index (χ0n) is 18.1. The number of nitrogens with zero attached hydrogens (tertiary/aromatic N) is 1. The van der Waals surface area contributed by atoms with Gasteiger partial charge in [0.1, 0.15) is 5.75 Å². The molecule has 6 nitrogen and oxygen atoms in total. The molecule has 2 heterocycles. The molecule has 4 aromatic rings. The number of carbonyl (C=O) groups is 2. The van der Waals surface area contributed by atoms with E-state index in [1.807, 2.05) is 66.0 Å². The average Bonchev–Trinajstić information content (AvgIpc) is 3.27. The molecule has 1 unspecified atom stereocenters. The summed E-state index contributed by atoms with van der Waals surface area (Å²) in [5, 5.41) is 10.6. The highest BCUT2D eigenvalue weighted by molar-refractivity contribution is 7.14. The highest BCUT2D eigenvalue weighted by atomic mass is 32.1. The fourth-order valence-electron chi connectivity index (χ4n) is 4.20. The van der Waals surface area contributed by atoms with Gasteiger partial charge in [0.05, 0.1) is 24.8 Å². The van der Waals surface area contributed by atoms with Gasteiger partial charge in [-0.25, -0.2) is 4.98 Å². The first-order chi connectivity index (χ1) is 16.1. The zero-order valence-corrected chi connectivity index (χ0v) is 18.9. The Morgan fingerprint density at radius 2 is 1.97 bits per heavy atom. The molecule has 0 spiro atoms. The van der Waals surface area contributed by atoms with Crippen molar-refractivity contribution in [3.8, 4) is 17.0 Å². The SMILES string of the molecule is CC(=O)NC1CCOc2ccc(-c3csc(NC(=O)Cc4cccc5ccccc45)n3)cc21. The van der Waals surface area contributed by atoms with Gasteiger partial charge < -0.3 is 15.4 Å². The molecule has 166 valence electrons. The number of amides is 2. The molecule has 0 fully saturated rings. The number of carbonyl (C=O) groups excluding carboxylic acids is 2. The van der Waals surface area contributed by atoms with Crippen LogP contribution in [0, 0.1) is 0 Å². The van der Waals surface area contributed by atoms with E-state index in [0.717, 1.165) is 45.3 Å². The molecular weight excluding hydrogens is 434 g/mol. The van der Waals surface area contributed by atoms with Gasteiger partial charge in [-0.1, -0.05) is 42.5 Å². The van der Waals surface area contributed by atoms with Crippen LogP contribution in [0.3, 0.4) is 0 Å². The van der Waals surface area contributed by atoms with Crippen molar-refractivity contribution in [3.63, 3.8) is 0 Å². The Bertz CT molecular complexity index is 1340. The van der Waals surface area contributed by atoms with Gasteiger partial charge in [0.15, 0.2) is 5.13 Å². The van der Waals surface area contributed by atoms with Gasteiger partial charge in [0, 0.05) is 29.9 Å². The molecule has 0 aliphatic carbocycles. The maximum absolute atomic E-state index is 12.7. The van der Waals surface area contributed by atoms with Crippen LogP contribution in [0.25, 0.3) is 22.0 Å². The lowest BCUT2D eigenvalue weighted by molar-refractivity contribution is -0.120. The second-order valence-corrected chi connectivity index (χ2v) is 8.90. The second-order valence-electron chi connectivity index (χ2n) is 8.04. The quantitative estimate of drug-likeness (QED) is 0.437. The third kappa shape index (κ3) is 4.59. The van der Waals surface area contributed by atoms with Crippen LogP contribution in [0.1, 0.15) is 30.5 Å². The van der Waals surface area contributed by atoms with Gasteiger partial charge in [0.2, 0.25) is 11.8 Å². The predicted octanol–water partition coefficient (Wildman–Crippen LogP) is 5.10. The summed E-state index contributed by atoms with van der Waals surface area (Å²) in [5.74, 6) is 0.613. The number of nitrogens with one attached hydrogen (secondary N) is 2. The number of hydrogen-bond donors (Lipinski definition) is 2. The number of thiazole rings is 1. The topological polar surface area (TPSA) is 80.3 Å². The van der Waals surface area contributed by atoms with Gasteiger partial charge in [-0.2, -0.15) is 0 Å². The van der Waals surface area contributed by atoms with Gasteiger partial charge in [-0.15, -0.1) is 11.3 Å². The van der Waals surface area contributed by atoms with E-state index in [2.05, 4.69) is 15.6 Å². The van der Waals surface area contributed by atoms with Crippen LogP contribution in [0.4, 0.5) is 5.13 Å². The number of aromatic nitrogens is 1. The third-order valence-electron chi connectivity index (χ3n) is 5.70. The van der Waals surface area contributed by atoms with E-state index in [9.17, 15) is 9.59 Å². The summed E-state index contributed by atoms with van der Waals surface area (Å²) in [6.07, 6.45) is 1.01. The van der Waals surface area contributed by atoms with E-state index in [1.54, 1.807) is 0 Å². The molecule has 3 aromatic carbocycles. The molecule has 2 N–H and O–H groups in total. The molecule has 0 radical (unpaired) electrons. The average molecular weight is 458 g/mol. The van der Waals surface area contributed by atoms with E-state index in [1.165, 1.54) is 18.3 Å². The molecular formula is C26H23N3O3S. The largest absolute Gasteiger partial charge is 0.493 e. The van der Waals surface area contributed by atoms with Gasteiger partial charge >= 0.3 is 0 Å². The fraction of sp³-hybridized carbons (Fsp3) is 0.192. The number of ether oxygens (including phenoxy) is 1. The first-order valence-electron chi connectivity index (χ1n) is 10.8. The maximum atomic E-state index is 12.7. The molecule has 1 aliphatic rings. The van der Waals surface area contributed by atoms with Crippen molar-refractivity contribution in [3.05, 3.63) is 77.2 Å². The molecule has 1 atom stereocenters. The van der Waals surface area contributed by atoms with Crippen LogP contribution < -0.4 is 15.4 Å². The van der Waals surface area contributed by atoms with Crippen molar-refractivity contribution in [2.24, 2.45) is 0 Å². The van der Waals surface area contributed by atoms with E-state index in [0.29, 0.717) is 11.7 Å². The Kier molecular flexibility index (Phi) is 5.79. The van der Waals surface area contributed by atoms with Crippen molar-refractivity contribution >= 4 is 39.1 Å².